The third-order valence-electron chi connectivity index (χ3n) is 4.56. The van der Waals surface area contributed by atoms with Gasteiger partial charge in [0.2, 0.25) is 5.75 Å². The Hall–Kier alpha value is -3.20. The lowest BCUT2D eigenvalue weighted by atomic mass is 10.0. The normalized spacial score (nSPS) is 13.9. The standard InChI is InChI=1S/C19H22N2O7/c1-25-15-12(9-13(19(23)24)16(26-2)17(15)27-3)11-8-14(20-10-11)18(22)21-4-6-28-7-5-21/h8-10,20H,4-7H2,1-3H3,(H,23,24). The molecule has 3 rings (SSSR count). The van der Waals surface area contributed by atoms with Gasteiger partial charge >= 0.3 is 5.97 Å². The van der Waals surface area contributed by atoms with Crippen LogP contribution < -0.4 is 14.2 Å². The van der Waals surface area contributed by atoms with E-state index >= 15 is 0 Å². The van der Waals surface area contributed by atoms with Crippen LogP contribution in [0.15, 0.2) is 18.3 Å². The average Bonchev–Trinajstić information content (AvgIpc) is 3.21. The number of nitrogens with zero attached hydrogens (tertiary/aromatic N) is 1. The van der Waals surface area contributed by atoms with Crippen molar-refractivity contribution in [3.8, 4) is 28.4 Å². The molecular formula is C19H22N2O7. The van der Waals surface area contributed by atoms with Crippen LogP contribution in [0.1, 0.15) is 20.8 Å². The van der Waals surface area contributed by atoms with Crippen LogP contribution in [-0.2, 0) is 4.74 Å². The van der Waals surface area contributed by atoms with Gasteiger partial charge in [-0.2, -0.15) is 0 Å². The molecule has 0 bridgehead atoms. The highest BCUT2D eigenvalue weighted by atomic mass is 16.5. The van der Waals surface area contributed by atoms with Crippen LogP contribution in [0.3, 0.4) is 0 Å². The zero-order valence-electron chi connectivity index (χ0n) is 15.9. The monoisotopic (exact) mass is 390 g/mol. The summed E-state index contributed by atoms with van der Waals surface area (Å²) in [6.45, 7) is 2.06. The van der Waals surface area contributed by atoms with Crippen LogP contribution in [0.4, 0.5) is 0 Å². The minimum Gasteiger partial charge on any atom is -0.492 e. The average molecular weight is 390 g/mol. The quantitative estimate of drug-likeness (QED) is 0.775. The first-order valence-corrected chi connectivity index (χ1v) is 8.63. The smallest absolute Gasteiger partial charge is 0.339 e. The number of hydrogen-bond donors (Lipinski definition) is 2. The molecule has 0 aliphatic carbocycles. The minimum atomic E-state index is -1.17. The lowest BCUT2D eigenvalue weighted by Crippen LogP contribution is -2.40. The fourth-order valence-electron chi connectivity index (χ4n) is 3.20. The van der Waals surface area contributed by atoms with E-state index in [2.05, 4.69) is 4.98 Å². The molecule has 2 aromatic rings. The molecule has 1 fully saturated rings. The first-order chi connectivity index (χ1) is 13.5. The van der Waals surface area contributed by atoms with Gasteiger partial charge in [0, 0.05) is 30.4 Å². The van der Waals surface area contributed by atoms with Gasteiger partial charge in [-0.3, -0.25) is 4.79 Å². The van der Waals surface area contributed by atoms with E-state index in [0.717, 1.165) is 0 Å². The van der Waals surface area contributed by atoms with Crippen molar-refractivity contribution in [3.63, 3.8) is 0 Å². The summed E-state index contributed by atoms with van der Waals surface area (Å²) in [5, 5.41) is 9.56. The van der Waals surface area contributed by atoms with Crippen molar-refractivity contribution in [1.29, 1.82) is 0 Å². The van der Waals surface area contributed by atoms with Crippen molar-refractivity contribution in [1.82, 2.24) is 9.88 Å². The molecule has 1 saturated heterocycles. The number of carbonyl (C=O) groups is 2. The van der Waals surface area contributed by atoms with E-state index < -0.39 is 5.97 Å². The SMILES string of the molecule is COc1c(C(=O)O)cc(-c2c[nH]c(C(=O)N3CCOCC3)c2)c(OC)c1OC. The molecule has 2 N–H and O–H groups in total. The number of aromatic amines is 1. The lowest BCUT2D eigenvalue weighted by molar-refractivity contribution is 0.0299. The third kappa shape index (κ3) is 3.48. The Morgan fingerprint density at radius 3 is 2.25 bits per heavy atom. The van der Waals surface area contributed by atoms with Crippen LogP contribution >= 0.6 is 0 Å². The number of aromatic nitrogens is 1. The molecule has 1 aromatic heterocycles. The molecule has 1 aromatic carbocycles. The topological polar surface area (TPSA) is 110 Å². The van der Waals surface area contributed by atoms with Gasteiger partial charge in [-0.15, -0.1) is 0 Å². The number of rotatable bonds is 6. The first-order valence-electron chi connectivity index (χ1n) is 8.63. The maximum atomic E-state index is 12.7. The van der Waals surface area contributed by atoms with Crippen molar-refractivity contribution >= 4 is 11.9 Å². The van der Waals surface area contributed by atoms with Gasteiger partial charge in [0.05, 0.1) is 34.5 Å². The summed E-state index contributed by atoms with van der Waals surface area (Å²) in [6.07, 6.45) is 1.63. The van der Waals surface area contributed by atoms with Gasteiger partial charge in [-0.05, 0) is 12.1 Å². The van der Waals surface area contributed by atoms with Gasteiger partial charge < -0.3 is 33.9 Å². The molecular weight excluding hydrogens is 368 g/mol. The van der Waals surface area contributed by atoms with Crippen LogP contribution in [0.5, 0.6) is 17.2 Å². The van der Waals surface area contributed by atoms with Gasteiger partial charge in [-0.1, -0.05) is 0 Å². The Labute approximate surface area is 161 Å². The second kappa shape index (κ2) is 8.22. The Morgan fingerprint density at radius 1 is 1.04 bits per heavy atom. The number of aromatic carboxylic acids is 1. The van der Waals surface area contributed by atoms with E-state index in [4.69, 9.17) is 18.9 Å². The lowest BCUT2D eigenvalue weighted by Gasteiger charge is -2.26. The molecule has 0 atom stereocenters. The molecule has 1 amide bonds. The second-order valence-corrected chi connectivity index (χ2v) is 6.08. The predicted octanol–water partition coefficient (Wildman–Crippen LogP) is 1.88. The van der Waals surface area contributed by atoms with Crippen LogP contribution in [0.25, 0.3) is 11.1 Å². The van der Waals surface area contributed by atoms with Gasteiger partial charge in [0.1, 0.15) is 11.3 Å². The minimum absolute atomic E-state index is 0.0655. The summed E-state index contributed by atoms with van der Waals surface area (Å²) in [6, 6.07) is 3.10. The van der Waals surface area contributed by atoms with Crippen LogP contribution in [0.2, 0.25) is 0 Å². The number of nitrogens with one attached hydrogen (secondary N) is 1. The fraction of sp³-hybridized carbons (Fsp3) is 0.368. The molecule has 9 nitrogen and oxygen atoms in total. The third-order valence-corrected chi connectivity index (χ3v) is 4.56. The number of carboxylic acid groups (broad SMARTS) is 1. The predicted molar refractivity (Wildman–Crippen MR) is 99.6 cm³/mol. The Bertz CT molecular complexity index is 885. The van der Waals surface area contributed by atoms with E-state index in [9.17, 15) is 14.7 Å². The summed E-state index contributed by atoms with van der Waals surface area (Å²) in [7, 11) is 4.22. The maximum Gasteiger partial charge on any atom is 0.339 e. The van der Waals surface area contributed by atoms with E-state index in [0.29, 0.717) is 48.9 Å². The van der Waals surface area contributed by atoms with Gasteiger partial charge in [-0.25, -0.2) is 4.79 Å². The van der Waals surface area contributed by atoms with Crippen molar-refractivity contribution in [2.24, 2.45) is 0 Å². The number of amides is 1. The number of benzene rings is 1. The summed E-state index contributed by atoms with van der Waals surface area (Å²) >= 11 is 0. The van der Waals surface area contributed by atoms with Gasteiger partial charge in [0.15, 0.2) is 11.5 Å². The maximum absolute atomic E-state index is 12.7. The Morgan fingerprint density at radius 2 is 1.68 bits per heavy atom. The molecule has 1 aliphatic rings. The van der Waals surface area contributed by atoms with E-state index in [-0.39, 0.29) is 23.0 Å². The van der Waals surface area contributed by atoms with Crippen molar-refractivity contribution in [3.05, 3.63) is 29.6 Å². The molecule has 0 spiro atoms. The van der Waals surface area contributed by atoms with Crippen LogP contribution in [-0.4, -0.2) is 74.5 Å². The number of carbonyl (C=O) groups excluding carboxylic acids is 1. The number of ether oxygens (including phenoxy) is 4. The number of H-pyrrole nitrogens is 1. The van der Waals surface area contributed by atoms with Crippen molar-refractivity contribution in [2.75, 3.05) is 47.6 Å². The summed E-state index contributed by atoms with van der Waals surface area (Å²) in [5.41, 5.74) is 1.38. The molecule has 150 valence electrons. The number of morpholine rings is 1. The Balaban J connectivity index is 2.06. The van der Waals surface area contributed by atoms with Crippen molar-refractivity contribution in [2.45, 2.75) is 0 Å². The summed E-state index contributed by atoms with van der Waals surface area (Å²) in [5.74, 6) is -0.765. The fourth-order valence-corrected chi connectivity index (χ4v) is 3.20. The zero-order valence-corrected chi connectivity index (χ0v) is 15.9. The first kappa shape index (κ1) is 19.6. The zero-order chi connectivity index (χ0) is 20.3. The Kier molecular flexibility index (Phi) is 5.74. The van der Waals surface area contributed by atoms with Crippen LogP contribution in [0, 0.1) is 0 Å². The number of carboxylic acids is 1. The van der Waals surface area contributed by atoms with E-state index in [1.54, 1.807) is 17.2 Å². The van der Waals surface area contributed by atoms with Crippen molar-refractivity contribution < 1.29 is 33.6 Å². The second-order valence-electron chi connectivity index (χ2n) is 6.08. The molecule has 9 heteroatoms. The summed E-state index contributed by atoms with van der Waals surface area (Å²) in [4.78, 5) is 29.0. The number of hydrogen-bond acceptors (Lipinski definition) is 6. The highest BCUT2D eigenvalue weighted by Gasteiger charge is 2.26. The summed E-state index contributed by atoms with van der Waals surface area (Å²) < 4.78 is 21.3. The largest absolute Gasteiger partial charge is 0.492 e. The van der Waals surface area contributed by atoms with E-state index in [1.807, 2.05) is 0 Å². The molecule has 1 aliphatic heterocycles. The van der Waals surface area contributed by atoms with Gasteiger partial charge in [0.25, 0.3) is 5.91 Å². The van der Waals surface area contributed by atoms with E-state index in [1.165, 1.54) is 27.4 Å². The molecule has 28 heavy (non-hydrogen) atoms. The molecule has 0 radical (unpaired) electrons. The number of methoxy groups -OCH3 is 3. The molecule has 2 heterocycles. The highest BCUT2D eigenvalue weighted by molar-refractivity contribution is 5.98. The molecule has 0 unspecified atom stereocenters. The molecule has 0 saturated carbocycles. The highest BCUT2D eigenvalue weighted by Crippen LogP contribution is 2.46.